The van der Waals surface area contributed by atoms with Crippen molar-refractivity contribution in [2.24, 2.45) is 0 Å². The number of amides is 1. The lowest BCUT2D eigenvalue weighted by molar-refractivity contribution is 0.102. The molecule has 0 aliphatic carbocycles. The van der Waals surface area contributed by atoms with Crippen LogP contribution in [0.3, 0.4) is 0 Å². The van der Waals surface area contributed by atoms with Crippen LogP contribution in [0.2, 0.25) is 0 Å². The summed E-state index contributed by atoms with van der Waals surface area (Å²) in [6, 6.07) is 12.6. The van der Waals surface area contributed by atoms with Gasteiger partial charge in [-0.25, -0.2) is 0 Å². The molecule has 0 saturated carbocycles. The lowest BCUT2D eigenvalue weighted by Gasteiger charge is -2.03. The molecule has 2 rings (SSSR count). The molecule has 0 fully saturated rings. The highest BCUT2D eigenvalue weighted by Crippen LogP contribution is 2.10. The van der Waals surface area contributed by atoms with Crippen LogP contribution in [0, 0.1) is 18.3 Å². The molecule has 1 heterocycles. The van der Waals surface area contributed by atoms with Crippen molar-refractivity contribution in [1.82, 2.24) is 4.98 Å². The first-order valence-corrected chi connectivity index (χ1v) is 5.16. The van der Waals surface area contributed by atoms with Crippen LogP contribution in [-0.2, 0) is 0 Å². The van der Waals surface area contributed by atoms with Gasteiger partial charge in [0.15, 0.2) is 0 Å². The van der Waals surface area contributed by atoms with Crippen LogP contribution in [0.15, 0.2) is 36.4 Å². The first-order valence-electron chi connectivity index (χ1n) is 5.16. The predicted molar refractivity (Wildman–Crippen MR) is 64.6 cm³/mol. The Labute approximate surface area is 98.9 Å². The van der Waals surface area contributed by atoms with Gasteiger partial charge in [-0.3, -0.25) is 4.79 Å². The van der Waals surface area contributed by atoms with Gasteiger partial charge in [0.25, 0.3) is 5.91 Å². The maximum atomic E-state index is 11.8. The number of hydrogen-bond donors (Lipinski definition) is 2. The van der Waals surface area contributed by atoms with E-state index >= 15 is 0 Å². The van der Waals surface area contributed by atoms with Gasteiger partial charge in [-0.05, 0) is 31.2 Å². The Morgan fingerprint density at radius 3 is 2.53 bits per heavy atom. The Morgan fingerprint density at radius 1 is 1.24 bits per heavy atom. The number of aryl methyl sites for hydroxylation is 1. The quantitative estimate of drug-likeness (QED) is 0.824. The van der Waals surface area contributed by atoms with Crippen molar-refractivity contribution in [3.63, 3.8) is 0 Å². The number of carbonyl (C=O) groups is 1. The van der Waals surface area contributed by atoms with Gasteiger partial charge >= 0.3 is 0 Å². The topological polar surface area (TPSA) is 68.7 Å². The Kier molecular flexibility index (Phi) is 2.93. The summed E-state index contributed by atoms with van der Waals surface area (Å²) < 4.78 is 0. The number of rotatable bonds is 2. The summed E-state index contributed by atoms with van der Waals surface area (Å²) >= 11 is 0. The Hall–Kier alpha value is -2.54. The predicted octanol–water partition coefficient (Wildman–Crippen LogP) is 2.45. The summed E-state index contributed by atoms with van der Waals surface area (Å²) in [4.78, 5) is 14.5. The molecular weight excluding hydrogens is 214 g/mol. The maximum absolute atomic E-state index is 11.8. The molecule has 4 nitrogen and oxygen atoms in total. The Morgan fingerprint density at radius 2 is 1.94 bits per heavy atom. The van der Waals surface area contributed by atoms with E-state index in [4.69, 9.17) is 5.26 Å². The van der Waals surface area contributed by atoms with Crippen LogP contribution in [0.4, 0.5) is 5.69 Å². The van der Waals surface area contributed by atoms with E-state index in [-0.39, 0.29) is 5.91 Å². The van der Waals surface area contributed by atoms with Crippen molar-refractivity contribution in [1.29, 1.82) is 5.26 Å². The zero-order valence-electron chi connectivity index (χ0n) is 9.32. The Bertz CT molecular complexity index is 575. The second kappa shape index (κ2) is 4.54. The number of hydrogen-bond acceptors (Lipinski definition) is 2. The molecule has 0 radical (unpaired) electrons. The summed E-state index contributed by atoms with van der Waals surface area (Å²) in [6.45, 7) is 1.98. The van der Waals surface area contributed by atoms with E-state index in [1.165, 1.54) is 0 Å². The number of benzene rings is 1. The third kappa shape index (κ3) is 2.52. The summed E-state index contributed by atoms with van der Waals surface area (Å²) in [7, 11) is 0. The molecule has 4 heteroatoms. The maximum Gasteiger partial charge on any atom is 0.272 e. The molecule has 0 unspecified atom stereocenters. The molecule has 2 N–H and O–H groups in total. The third-order valence-electron chi connectivity index (χ3n) is 2.36. The normalized spacial score (nSPS) is 9.65. The van der Waals surface area contributed by atoms with E-state index in [0.717, 1.165) is 11.3 Å². The van der Waals surface area contributed by atoms with E-state index in [2.05, 4.69) is 10.3 Å². The van der Waals surface area contributed by atoms with Gasteiger partial charge in [-0.2, -0.15) is 5.26 Å². The Balaban J connectivity index is 2.12. The monoisotopic (exact) mass is 225 g/mol. The van der Waals surface area contributed by atoms with Crippen LogP contribution in [0.5, 0.6) is 0 Å². The van der Waals surface area contributed by atoms with Crippen LogP contribution in [-0.4, -0.2) is 10.9 Å². The number of nitrogens with one attached hydrogen (secondary N) is 2. The minimum Gasteiger partial charge on any atom is -0.342 e. The SMILES string of the molecule is Cc1ccc(NC(=O)c2ccc(C#N)[nH]2)cc1. The number of H-pyrrole nitrogens is 1. The van der Waals surface area contributed by atoms with Crippen molar-refractivity contribution in [3.8, 4) is 6.07 Å². The molecule has 0 aliphatic rings. The minimum absolute atomic E-state index is 0.254. The highest BCUT2D eigenvalue weighted by atomic mass is 16.1. The molecule has 2 aromatic rings. The molecule has 1 aromatic carbocycles. The molecule has 0 atom stereocenters. The van der Waals surface area contributed by atoms with Crippen LogP contribution >= 0.6 is 0 Å². The standard InChI is InChI=1S/C13H11N3O/c1-9-2-4-10(5-3-9)16-13(17)12-7-6-11(8-14)15-12/h2-7,15H,1H3,(H,16,17). The molecule has 84 valence electrons. The van der Waals surface area contributed by atoms with Gasteiger partial charge in [-0.1, -0.05) is 17.7 Å². The lowest BCUT2D eigenvalue weighted by atomic mass is 10.2. The number of nitriles is 1. The average molecular weight is 225 g/mol. The van der Waals surface area contributed by atoms with E-state index in [1.807, 2.05) is 37.3 Å². The van der Waals surface area contributed by atoms with Gasteiger partial charge in [-0.15, -0.1) is 0 Å². The highest BCUT2D eigenvalue weighted by molar-refractivity contribution is 6.03. The number of aromatic nitrogens is 1. The van der Waals surface area contributed by atoms with Gasteiger partial charge < -0.3 is 10.3 Å². The molecule has 0 saturated heterocycles. The molecule has 1 aromatic heterocycles. The van der Waals surface area contributed by atoms with Crippen molar-refractivity contribution in [3.05, 3.63) is 53.3 Å². The number of nitrogens with zero attached hydrogens (tertiary/aromatic N) is 1. The molecule has 0 spiro atoms. The highest BCUT2D eigenvalue weighted by Gasteiger charge is 2.08. The van der Waals surface area contributed by atoms with E-state index in [9.17, 15) is 4.79 Å². The van der Waals surface area contributed by atoms with Gasteiger partial charge in [0, 0.05) is 5.69 Å². The van der Waals surface area contributed by atoms with Crippen molar-refractivity contribution < 1.29 is 4.79 Å². The second-order valence-corrected chi connectivity index (χ2v) is 3.72. The van der Waals surface area contributed by atoms with Crippen LogP contribution in [0.1, 0.15) is 21.7 Å². The molecule has 0 aliphatic heterocycles. The van der Waals surface area contributed by atoms with Crippen molar-refractivity contribution in [2.75, 3.05) is 5.32 Å². The van der Waals surface area contributed by atoms with E-state index < -0.39 is 0 Å². The number of aromatic amines is 1. The lowest BCUT2D eigenvalue weighted by Crippen LogP contribution is -2.12. The van der Waals surface area contributed by atoms with Crippen molar-refractivity contribution >= 4 is 11.6 Å². The van der Waals surface area contributed by atoms with Crippen LogP contribution in [0.25, 0.3) is 0 Å². The zero-order chi connectivity index (χ0) is 12.3. The largest absolute Gasteiger partial charge is 0.342 e. The molecule has 17 heavy (non-hydrogen) atoms. The fourth-order valence-corrected chi connectivity index (χ4v) is 1.43. The van der Waals surface area contributed by atoms with Crippen LogP contribution < -0.4 is 5.32 Å². The first-order chi connectivity index (χ1) is 8.19. The smallest absolute Gasteiger partial charge is 0.272 e. The third-order valence-corrected chi connectivity index (χ3v) is 2.36. The van der Waals surface area contributed by atoms with Crippen molar-refractivity contribution in [2.45, 2.75) is 6.92 Å². The average Bonchev–Trinajstić information content (AvgIpc) is 2.81. The van der Waals surface area contributed by atoms with Gasteiger partial charge in [0.05, 0.1) is 0 Å². The second-order valence-electron chi connectivity index (χ2n) is 3.72. The fraction of sp³-hybridized carbons (Fsp3) is 0.0769. The molecule has 0 bridgehead atoms. The van der Waals surface area contributed by atoms with Gasteiger partial charge in [0.1, 0.15) is 17.5 Å². The summed E-state index contributed by atoms with van der Waals surface area (Å²) in [6.07, 6.45) is 0. The zero-order valence-corrected chi connectivity index (χ0v) is 9.32. The summed E-state index contributed by atoms with van der Waals surface area (Å²) in [5.74, 6) is -0.254. The first kappa shape index (κ1) is 11.0. The molecule has 1 amide bonds. The summed E-state index contributed by atoms with van der Waals surface area (Å²) in [5, 5.41) is 11.4. The minimum atomic E-state index is -0.254. The van der Waals surface area contributed by atoms with Gasteiger partial charge in [0.2, 0.25) is 0 Å². The van der Waals surface area contributed by atoms with E-state index in [0.29, 0.717) is 11.4 Å². The van der Waals surface area contributed by atoms with E-state index in [1.54, 1.807) is 12.1 Å². The molecular formula is C13H11N3O. The fourth-order valence-electron chi connectivity index (χ4n) is 1.43. The number of anilines is 1. The summed E-state index contributed by atoms with van der Waals surface area (Å²) in [5.41, 5.74) is 2.62. The number of carbonyl (C=O) groups excluding carboxylic acids is 1.